The van der Waals surface area contributed by atoms with E-state index in [1.54, 1.807) is 47.6 Å². The van der Waals surface area contributed by atoms with Crippen molar-refractivity contribution in [3.8, 4) is 0 Å². The van der Waals surface area contributed by atoms with Gasteiger partial charge in [0, 0.05) is 22.3 Å². The third-order valence-corrected chi connectivity index (χ3v) is 4.63. The van der Waals surface area contributed by atoms with Gasteiger partial charge in [0.05, 0.1) is 13.2 Å². The molecule has 0 aromatic heterocycles. The molecule has 0 aliphatic heterocycles. The van der Waals surface area contributed by atoms with Crippen molar-refractivity contribution in [2.45, 2.75) is 54.4 Å². The van der Waals surface area contributed by atoms with Crippen molar-refractivity contribution in [2.75, 3.05) is 13.2 Å². The number of esters is 2. The van der Waals surface area contributed by atoms with Gasteiger partial charge in [0.1, 0.15) is 0 Å². The van der Waals surface area contributed by atoms with E-state index in [1.807, 2.05) is 0 Å². The first-order valence-corrected chi connectivity index (χ1v) is 9.11. The number of allylic oxidation sites excluding steroid dienone is 6. The highest BCUT2D eigenvalue weighted by Gasteiger charge is 2.30. The minimum absolute atomic E-state index is 0.121. The van der Waals surface area contributed by atoms with E-state index in [1.165, 1.54) is 0 Å². The molecule has 0 bridgehead atoms. The molecule has 1 aliphatic carbocycles. The van der Waals surface area contributed by atoms with E-state index < -0.39 is 17.9 Å². The molecule has 0 unspecified atom stereocenters. The number of ketones is 2. The van der Waals surface area contributed by atoms with Crippen LogP contribution in [-0.2, 0) is 28.7 Å². The van der Waals surface area contributed by atoms with E-state index in [4.69, 9.17) is 9.47 Å². The van der Waals surface area contributed by atoms with Gasteiger partial charge < -0.3 is 9.47 Å². The zero-order valence-corrected chi connectivity index (χ0v) is 16.9. The zero-order chi connectivity index (χ0) is 20.7. The quantitative estimate of drug-likeness (QED) is 0.280. The third-order valence-electron chi connectivity index (χ3n) is 4.63. The lowest BCUT2D eigenvalue weighted by Crippen LogP contribution is -2.28. The van der Waals surface area contributed by atoms with Gasteiger partial charge in [0.15, 0.2) is 17.5 Å². The van der Waals surface area contributed by atoms with Crippen molar-refractivity contribution in [1.82, 2.24) is 0 Å². The molecule has 0 heterocycles. The van der Waals surface area contributed by atoms with Gasteiger partial charge in [-0.1, -0.05) is 11.6 Å². The van der Waals surface area contributed by atoms with Gasteiger partial charge in [-0.05, 0) is 54.4 Å². The van der Waals surface area contributed by atoms with E-state index in [9.17, 15) is 19.2 Å². The number of rotatable bonds is 8. The van der Waals surface area contributed by atoms with E-state index in [-0.39, 0.29) is 37.6 Å². The fraction of sp³-hybridized carbons (Fsp3) is 0.524. The monoisotopic (exact) mass is 376 g/mol. The lowest BCUT2D eigenvalue weighted by Gasteiger charge is -2.18. The Morgan fingerprint density at radius 3 is 1.85 bits per heavy atom. The molecule has 148 valence electrons. The maximum absolute atomic E-state index is 12.5. The molecule has 0 aromatic carbocycles. The van der Waals surface area contributed by atoms with Crippen LogP contribution in [0.25, 0.3) is 0 Å². The Bertz CT molecular complexity index is 718. The second kappa shape index (κ2) is 10.00. The van der Waals surface area contributed by atoms with Crippen LogP contribution in [0.4, 0.5) is 0 Å². The summed E-state index contributed by atoms with van der Waals surface area (Å²) in [6.07, 6.45) is 2.18. The fourth-order valence-corrected chi connectivity index (χ4v) is 2.83. The molecule has 1 rings (SSSR count). The van der Waals surface area contributed by atoms with Crippen molar-refractivity contribution in [3.05, 3.63) is 33.9 Å². The summed E-state index contributed by atoms with van der Waals surface area (Å²) in [5.74, 6) is -2.55. The topological polar surface area (TPSA) is 86.7 Å². The smallest absolute Gasteiger partial charge is 0.320 e. The molecule has 0 fully saturated rings. The van der Waals surface area contributed by atoms with Crippen LogP contribution in [0.15, 0.2) is 33.9 Å². The Morgan fingerprint density at radius 2 is 1.37 bits per heavy atom. The number of hydrogen-bond donors (Lipinski definition) is 0. The maximum Gasteiger partial charge on any atom is 0.320 e. The Balaban J connectivity index is 2.97. The van der Waals surface area contributed by atoms with Crippen molar-refractivity contribution < 1.29 is 28.7 Å². The van der Waals surface area contributed by atoms with Crippen LogP contribution in [0.3, 0.4) is 0 Å². The van der Waals surface area contributed by atoms with Gasteiger partial charge in [-0.15, -0.1) is 0 Å². The lowest BCUT2D eigenvalue weighted by atomic mass is 9.84. The normalized spacial score (nSPS) is 15.6. The molecule has 0 saturated heterocycles. The molecule has 0 spiro atoms. The van der Waals surface area contributed by atoms with Gasteiger partial charge in [0.25, 0.3) is 0 Å². The average molecular weight is 376 g/mol. The average Bonchev–Trinajstić information content (AvgIpc) is 2.63. The van der Waals surface area contributed by atoms with E-state index in [0.29, 0.717) is 22.3 Å². The molecule has 27 heavy (non-hydrogen) atoms. The van der Waals surface area contributed by atoms with Crippen LogP contribution in [0.2, 0.25) is 0 Å². The van der Waals surface area contributed by atoms with Gasteiger partial charge in [-0.25, -0.2) is 0 Å². The molecule has 0 radical (unpaired) electrons. The predicted octanol–water partition coefficient (Wildman–Crippen LogP) is 3.26. The third kappa shape index (κ3) is 5.49. The molecule has 0 N–H and O–H groups in total. The first-order valence-electron chi connectivity index (χ1n) is 9.11. The zero-order valence-electron chi connectivity index (χ0n) is 16.9. The molecule has 1 aliphatic rings. The van der Waals surface area contributed by atoms with Gasteiger partial charge in [-0.3, -0.25) is 19.2 Å². The Labute approximate surface area is 160 Å². The summed E-state index contributed by atoms with van der Waals surface area (Å²) in [5, 5.41) is 0. The largest absolute Gasteiger partial charge is 0.465 e. The maximum atomic E-state index is 12.5. The van der Waals surface area contributed by atoms with E-state index in [2.05, 4.69) is 0 Å². The predicted molar refractivity (Wildman–Crippen MR) is 101 cm³/mol. The van der Waals surface area contributed by atoms with Crippen molar-refractivity contribution in [3.63, 3.8) is 0 Å². The van der Waals surface area contributed by atoms with Gasteiger partial charge >= 0.3 is 11.9 Å². The standard InChI is InChI=1S/C21H28O6/c1-7-26-20(24)17(21(25)27-8-2)11-12(3)9-10-16-15(6)18(22)13(4)14(5)19(16)23/h9,17H,7-8,10-11H2,1-6H3. The Kier molecular flexibility index (Phi) is 8.34. The van der Waals surface area contributed by atoms with Crippen molar-refractivity contribution in [2.24, 2.45) is 5.92 Å². The molecule has 0 aromatic rings. The summed E-state index contributed by atoms with van der Waals surface area (Å²) < 4.78 is 9.92. The Hall–Kier alpha value is -2.50. The van der Waals surface area contributed by atoms with Crippen LogP contribution in [0, 0.1) is 5.92 Å². The highest BCUT2D eigenvalue weighted by molar-refractivity contribution is 6.24. The first-order chi connectivity index (χ1) is 12.6. The second-order valence-corrected chi connectivity index (χ2v) is 6.53. The summed E-state index contributed by atoms with van der Waals surface area (Å²) in [5.41, 5.74) is 2.57. The van der Waals surface area contributed by atoms with Gasteiger partial charge in [0.2, 0.25) is 0 Å². The summed E-state index contributed by atoms with van der Waals surface area (Å²) in [6.45, 7) is 10.4. The molecule has 0 amide bonds. The summed E-state index contributed by atoms with van der Waals surface area (Å²) in [4.78, 5) is 48.8. The molecular formula is C21H28O6. The number of ether oxygens (including phenoxy) is 2. The minimum Gasteiger partial charge on any atom is -0.465 e. The lowest BCUT2D eigenvalue weighted by molar-refractivity contribution is -0.161. The minimum atomic E-state index is -1.04. The molecular weight excluding hydrogens is 348 g/mol. The highest BCUT2D eigenvalue weighted by Crippen LogP contribution is 2.27. The molecule has 6 nitrogen and oxygen atoms in total. The van der Waals surface area contributed by atoms with Crippen LogP contribution in [0.5, 0.6) is 0 Å². The van der Waals surface area contributed by atoms with Gasteiger partial charge in [-0.2, -0.15) is 0 Å². The fourth-order valence-electron chi connectivity index (χ4n) is 2.83. The van der Waals surface area contributed by atoms with Crippen LogP contribution < -0.4 is 0 Å². The van der Waals surface area contributed by atoms with Crippen molar-refractivity contribution in [1.29, 1.82) is 0 Å². The SMILES string of the molecule is CCOC(=O)C(CC(C)=CCC1=C(C)C(=O)C(C)=C(C)C1=O)C(=O)OCC. The summed E-state index contributed by atoms with van der Waals surface area (Å²) >= 11 is 0. The van der Waals surface area contributed by atoms with E-state index >= 15 is 0 Å². The van der Waals surface area contributed by atoms with Crippen LogP contribution >= 0.6 is 0 Å². The molecule has 6 heteroatoms. The number of hydrogen-bond acceptors (Lipinski definition) is 6. The first kappa shape index (κ1) is 22.5. The summed E-state index contributed by atoms with van der Waals surface area (Å²) in [6, 6.07) is 0. The molecule has 0 atom stereocenters. The van der Waals surface area contributed by atoms with Crippen LogP contribution in [0.1, 0.15) is 54.4 Å². The van der Waals surface area contributed by atoms with E-state index in [0.717, 1.165) is 5.57 Å². The second-order valence-electron chi connectivity index (χ2n) is 6.53. The summed E-state index contributed by atoms with van der Waals surface area (Å²) in [7, 11) is 0. The number of Topliss-reactive ketones (excluding diaryl/α,β-unsaturated/α-hetero) is 2. The molecule has 0 saturated carbocycles. The van der Waals surface area contributed by atoms with Crippen molar-refractivity contribution >= 4 is 23.5 Å². The Morgan fingerprint density at radius 1 is 0.889 bits per heavy atom. The number of carbonyl (C=O) groups excluding carboxylic acids is 4. The van der Waals surface area contributed by atoms with Crippen LogP contribution in [-0.4, -0.2) is 36.7 Å². The highest BCUT2D eigenvalue weighted by atomic mass is 16.6. The number of carbonyl (C=O) groups is 4.